The van der Waals surface area contributed by atoms with Crippen molar-refractivity contribution in [1.29, 1.82) is 0 Å². The van der Waals surface area contributed by atoms with Crippen molar-refractivity contribution in [3.8, 4) is 0 Å². The molecule has 96 valence electrons. The van der Waals surface area contributed by atoms with Crippen LogP contribution in [0.2, 0.25) is 0 Å². The Kier molecular flexibility index (Phi) is 4.28. The van der Waals surface area contributed by atoms with E-state index in [4.69, 9.17) is 5.73 Å². The Morgan fingerprint density at radius 3 is 2.53 bits per heavy atom. The molecule has 0 amide bonds. The zero-order chi connectivity index (χ0) is 13.1. The molecule has 0 aromatic carbocycles. The normalized spacial score (nSPS) is 11.9. The van der Waals surface area contributed by atoms with E-state index in [1.807, 2.05) is 0 Å². The largest absolute Gasteiger partial charge is 0.383 e. The summed E-state index contributed by atoms with van der Waals surface area (Å²) in [6.07, 6.45) is 2.33. The highest BCUT2D eigenvalue weighted by molar-refractivity contribution is 5.54. The molecule has 1 aromatic heterocycles. The van der Waals surface area contributed by atoms with Crippen LogP contribution in [0.1, 0.15) is 26.3 Å². The summed E-state index contributed by atoms with van der Waals surface area (Å²) in [5.74, 6) is 1.41. The van der Waals surface area contributed by atoms with Gasteiger partial charge in [-0.05, 0) is 34.4 Å². The summed E-state index contributed by atoms with van der Waals surface area (Å²) in [7, 11) is 4.13. The van der Waals surface area contributed by atoms with E-state index in [2.05, 4.69) is 55.1 Å². The van der Waals surface area contributed by atoms with Crippen molar-refractivity contribution in [1.82, 2.24) is 14.9 Å². The molecule has 3 N–H and O–H groups in total. The van der Waals surface area contributed by atoms with Gasteiger partial charge in [-0.3, -0.25) is 0 Å². The first kappa shape index (κ1) is 13.7. The van der Waals surface area contributed by atoms with Crippen LogP contribution in [-0.2, 0) is 6.42 Å². The summed E-state index contributed by atoms with van der Waals surface area (Å²) in [6.45, 7) is 7.22. The fraction of sp³-hybridized carbons (Fsp3) is 0.667. The minimum Gasteiger partial charge on any atom is -0.383 e. The first-order chi connectivity index (χ1) is 7.88. The van der Waals surface area contributed by atoms with Crippen LogP contribution in [0, 0.1) is 0 Å². The lowest BCUT2D eigenvalue weighted by Crippen LogP contribution is -2.44. The number of rotatable bonds is 5. The molecule has 0 atom stereocenters. The summed E-state index contributed by atoms with van der Waals surface area (Å²) < 4.78 is 0. The Labute approximate surface area is 103 Å². The second kappa shape index (κ2) is 5.31. The predicted octanol–water partition coefficient (Wildman–Crippen LogP) is 1.37. The van der Waals surface area contributed by atoms with Gasteiger partial charge in [0.1, 0.15) is 18.0 Å². The number of likely N-dealkylation sites (N-methyl/N-ethyl adjacent to an activating group) is 1. The third-order valence-corrected chi connectivity index (χ3v) is 3.23. The van der Waals surface area contributed by atoms with E-state index in [0.29, 0.717) is 5.82 Å². The zero-order valence-electron chi connectivity index (χ0n) is 11.4. The number of nitrogens with two attached hydrogens (primary N) is 1. The van der Waals surface area contributed by atoms with E-state index in [1.165, 1.54) is 6.33 Å². The first-order valence-corrected chi connectivity index (χ1v) is 5.89. The highest BCUT2D eigenvalue weighted by Gasteiger charge is 2.20. The molecule has 17 heavy (non-hydrogen) atoms. The number of nitrogens with zero attached hydrogens (tertiary/aromatic N) is 3. The minimum absolute atomic E-state index is 0.0602. The second-order valence-corrected chi connectivity index (χ2v) is 5.00. The molecule has 0 aliphatic carbocycles. The zero-order valence-corrected chi connectivity index (χ0v) is 11.4. The summed E-state index contributed by atoms with van der Waals surface area (Å²) in [5, 5.41) is 3.35. The van der Waals surface area contributed by atoms with Crippen LogP contribution < -0.4 is 11.1 Å². The van der Waals surface area contributed by atoms with Crippen molar-refractivity contribution in [2.75, 3.05) is 31.7 Å². The molecule has 0 radical (unpaired) electrons. The summed E-state index contributed by atoms with van der Waals surface area (Å²) in [4.78, 5) is 10.4. The molecule has 0 saturated carbocycles. The molecule has 1 aromatic rings. The standard InChI is InChI=1S/C12H23N5/c1-6-9-10(13)15-8-16-11(9)14-7-12(2,3)17(4)5/h8H,6-7H2,1-5H3,(H3,13,14,15,16). The molecule has 0 aliphatic rings. The van der Waals surface area contributed by atoms with Gasteiger partial charge in [-0.15, -0.1) is 0 Å². The Morgan fingerprint density at radius 1 is 1.35 bits per heavy atom. The molecule has 1 heterocycles. The van der Waals surface area contributed by atoms with E-state index in [1.54, 1.807) is 0 Å². The van der Waals surface area contributed by atoms with Gasteiger partial charge in [0.15, 0.2) is 0 Å². The monoisotopic (exact) mass is 237 g/mol. The molecule has 0 fully saturated rings. The van der Waals surface area contributed by atoms with Gasteiger partial charge < -0.3 is 16.0 Å². The Bertz CT molecular complexity index is 373. The van der Waals surface area contributed by atoms with Gasteiger partial charge in [0.2, 0.25) is 0 Å². The predicted molar refractivity (Wildman–Crippen MR) is 72.1 cm³/mol. The number of hydrogen-bond acceptors (Lipinski definition) is 5. The smallest absolute Gasteiger partial charge is 0.134 e. The number of hydrogen-bond donors (Lipinski definition) is 2. The van der Waals surface area contributed by atoms with Crippen LogP contribution in [0.15, 0.2) is 6.33 Å². The lowest BCUT2D eigenvalue weighted by Gasteiger charge is -2.33. The van der Waals surface area contributed by atoms with Crippen molar-refractivity contribution in [2.45, 2.75) is 32.7 Å². The average Bonchev–Trinajstić information content (AvgIpc) is 2.26. The molecular formula is C12H23N5. The molecular weight excluding hydrogens is 214 g/mol. The van der Waals surface area contributed by atoms with Crippen molar-refractivity contribution < 1.29 is 0 Å². The first-order valence-electron chi connectivity index (χ1n) is 5.89. The highest BCUT2D eigenvalue weighted by Crippen LogP contribution is 2.19. The van der Waals surface area contributed by atoms with E-state index in [0.717, 1.165) is 24.3 Å². The van der Waals surface area contributed by atoms with Crippen molar-refractivity contribution in [3.05, 3.63) is 11.9 Å². The van der Waals surface area contributed by atoms with Gasteiger partial charge in [-0.1, -0.05) is 6.92 Å². The molecule has 1 rings (SSSR count). The number of nitrogens with one attached hydrogen (secondary N) is 1. The molecule has 0 saturated heterocycles. The van der Waals surface area contributed by atoms with E-state index in [9.17, 15) is 0 Å². The Morgan fingerprint density at radius 2 is 2.00 bits per heavy atom. The maximum Gasteiger partial charge on any atom is 0.134 e. The lowest BCUT2D eigenvalue weighted by molar-refractivity contribution is 0.210. The third kappa shape index (κ3) is 3.30. The van der Waals surface area contributed by atoms with Crippen molar-refractivity contribution in [2.24, 2.45) is 0 Å². The fourth-order valence-corrected chi connectivity index (χ4v) is 1.38. The van der Waals surface area contributed by atoms with Crippen molar-refractivity contribution in [3.63, 3.8) is 0 Å². The molecule has 0 spiro atoms. The third-order valence-electron chi connectivity index (χ3n) is 3.23. The van der Waals surface area contributed by atoms with E-state index in [-0.39, 0.29) is 5.54 Å². The van der Waals surface area contributed by atoms with Gasteiger partial charge in [0.05, 0.1) is 0 Å². The van der Waals surface area contributed by atoms with Crippen LogP contribution in [0.4, 0.5) is 11.6 Å². The van der Waals surface area contributed by atoms with Gasteiger partial charge >= 0.3 is 0 Å². The van der Waals surface area contributed by atoms with Crippen LogP contribution in [-0.4, -0.2) is 41.0 Å². The van der Waals surface area contributed by atoms with Gasteiger partial charge in [-0.2, -0.15) is 0 Å². The highest BCUT2D eigenvalue weighted by atomic mass is 15.2. The number of anilines is 2. The number of nitrogen functional groups attached to an aromatic ring is 1. The van der Waals surface area contributed by atoms with Crippen LogP contribution in [0.3, 0.4) is 0 Å². The maximum absolute atomic E-state index is 5.83. The van der Waals surface area contributed by atoms with Gasteiger partial charge in [0, 0.05) is 17.6 Å². The fourth-order valence-electron chi connectivity index (χ4n) is 1.38. The van der Waals surface area contributed by atoms with Crippen LogP contribution in [0.5, 0.6) is 0 Å². The van der Waals surface area contributed by atoms with Crippen molar-refractivity contribution >= 4 is 11.6 Å². The van der Waals surface area contributed by atoms with Crippen LogP contribution >= 0.6 is 0 Å². The lowest BCUT2D eigenvalue weighted by atomic mass is 10.0. The summed E-state index contributed by atoms with van der Waals surface area (Å²) in [6, 6.07) is 0. The quantitative estimate of drug-likeness (QED) is 0.809. The second-order valence-electron chi connectivity index (χ2n) is 5.00. The molecule has 0 unspecified atom stereocenters. The molecule has 0 bridgehead atoms. The molecule has 5 heteroatoms. The maximum atomic E-state index is 5.83. The summed E-state index contributed by atoms with van der Waals surface area (Å²) in [5.41, 5.74) is 6.88. The Balaban J connectivity index is 2.79. The minimum atomic E-state index is 0.0602. The van der Waals surface area contributed by atoms with E-state index < -0.39 is 0 Å². The van der Waals surface area contributed by atoms with E-state index >= 15 is 0 Å². The molecule has 0 aliphatic heterocycles. The van der Waals surface area contributed by atoms with Gasteiger partial charge in [-0.25, -0.2) is 9.97 Å². The number of aromatic nitrogens is 2. The van der Waals surface area contributed by atoms with Crippen LogP contribution in [0.25, 0.3) is 0 Å². The Hall–Kier alpha value is -1.36. The summed E-state index contributed by atoms with van der Waals surface area (Å²) >= 11 is 0. The SMILES string of the molecule is CCc1c(N)ncnc1NCC(C)(C)N(C)C. The van der Waals surface area contributed by atoms with Gasteiger partial charge in [0.25, 0.3) is 0 Å². The average molecular weight is 237 g/mol. The molecule has 5 nitrogen and oxygen atoms in total. The topological polar surface area (TPSA) is 67.1 Å².